The molecule has 2 rings (SSSR count). The van der Waals surface area contributed by atoms with Crippen molar-refractivity contribution in [1.82, 2.24) is 5.32 Å². The molecule has 3 heteroatoms. The Morgan fingerprint density at radius 1 is 1.23 bits per heavy atom. The number of rotatable bonds is 5. The van der Waals surface area contributed by atoms with Crippen LogP contribution in [0.1, 0.15) is 25.7 Å². The van der Waals surface area contributed by atoms with Gasteiger partial charge in [0.15, 0.2) is 5.79 Å². The molecule has 0 radical (unpaired) electrons. The summed E-state index contributed by atoms with van der Waals surface area (Å²) in [6, 6.07) is 0.820. The first-order valence-corrected chi connectivity index (χ1v) is 5.12. The number of hydrogen-bond donors (Lipinski definition) is 1. The average molecular weight is 185 g/mol. The minimum absolute atomic E-state index is 0.254. The van der Waals surface area contributed by atoms with Gasteiger partial charge in [0.2, 0.25) is 0 Å². The highest BCUT2D eigenvalue weighted by atomic mass is 16.7. The predicted octanol–water partition coefficient (Wildman–Crippen LogP) is 1.14. The van der Waals surface area contributed by atoms with Crippen LogP contribution in [-0.2, 0) is 9.47 Å². The number of ether oxygens (including phenoxy) is 2. The highest BCUT2D eigenvalue weighted by Gasteiger charge is 2.45. The van der Waals surface area contributed by atoms with Gasteiger partial charge in [-0.2, -0.15) is 0 Å². The van der Waals surface area contributed by atoms with Gasteiger partial charge in [-0.3, -0.25) is 0 Å². The van der Waals surface area contributed by atoms with Gasteiger partial charge in [-0.05, 0) is 25.3 Å². The van der Waals surface area contributed by atoms with Crippen LogP contribution >= 0.6 is 0 Å². The SMILES string of the molecule is COC1(OC)CC(CNC2CC2)C1. The lowest BCUT2D eigenvalue weighted by Gasteiger charge is -2.45. The molecule has 0 aromatic carbocycles. The molecule has 0 amide bonds. The Hall–Kier alpha value is -0.120. The van der Waals surface area contributed by atoms with Crippen LogP contribution in [-0.4, -0.2) is 32.6 Å². The summed E-state index contributed by atoms with van der Waals surface area (Å²) >= 11 is 0. The Bertz CT molecular complexity index is 168. The van der Waals surface area contributed by atoms with Gasteiger partial charge in [-0.15, -0.1) is 0 Å². The molecule has 2 fully saturated rings. The summed E-state index contributed by atoms with van der Waals surface area (Å²) in [5.74, 6) is 0.496. The summed E-state index contributed by atoms with van der Waals surface area (Å²) in [5, 5.41) is 3.53. The summed E-state index contributed by atoms with van der Waals surface area (Å²) in [6.45, 7) is 1.14. The van der Waals surface area contributed by atoms with Crippen molar-refractivity contribution < 1.29 is 9.47 Å². The fraction of sp³-hybridized carbons (Fsp3) is 1.00. The van der Waals surface area contributed by atoms with Gasteiger partial charge >= 0.3 is 0 Å². The van der Waals surface area contributed by atoms with E-state index >= 15 is 0 Å². The van der Waals surface area contributed by atoms with Gasteiger partial charge in [0, 0.05) is 33.1 Å². The molecule has 0 heterocycles. The quantitative estimate of drug-likeness (QED) is 0.651. The number of methoxy groups -OCH3 is 2. The second-order valence-corrected chi connectivity index (χ2v) is 4.28. The third-order valence-corrected chi connectivity index (χ3v) is 3.22. The molecule has 0 spiro atoms. The topological polar surface area (TPSA) is 30.5 Å². The molecule has 0 unspecified atom stereocenters. The monoisotopic (exact) mass is 185 g/mol. The summed E-state index contributed by atoms with van der Waals surface area (Å²) in [4.78, 5) is 0. The minimum atomic E-state index is -0.254. The molecule has 3 nitrogen and oxygen atoms in total. The Morgan fingerprint density at radius 3 is 2.31 bits per heavy atom. The van der Waals surface area contributed by atoms with E-state index in [1.807, 2.05) is 0 Å². The van der Waals surface area contributed by atoms with E-state index in [-0.39, 0.29) is 5.79 Å². The van der Waals surface area contributed by atoms with Crippen molar-refractivity contribution >= 4 is 0 Å². The van der Waals surface area contributed by atoms with Gasteiger partial charge in [0.05, 0.1) is 0 Å². The van der Waals surface area contributed by atoms with E-state index in [0.717, 1.165) is 31.3 Å². The maximum atomic E-state index is 5.33. The van der Waals surface area contributed by atoms with Crippen molar-refractivity contribution in [2.45, 2.75) is 37.5 Å². The Morgan fingerprint density at radius 2 is 1.85 bits per heavy atom. The Balaban J connectivity index is 1.64. The van der Waals surface area contributed by atoms with E-state index in [1.54, 1.807) is 14.2 Å². The lowest BCUT2D eigenvalue weighted by atomic mass is 9.78. The summed E-state index contributed by atoms with van der Waals surface area (Å²) in [5.41, 5.74) is 0. The van der Waals surface area contributed by atoms with Crippen molar-refractivity contribution in [2.75, 3.05) is 20.8 Å². The van der Waals surface area contributed by atoms with Gasteiger partial charge < -0.3 is 14.8 Å². The molecule has 0 saturated heterocycles. The largest absolute Gasteiger partial charge is 0.353 e. The number of nitrogens with one attached hydrogen (secondary N) is 1. The molecule has 0 aromatic rings. The van der Waals surface area contributed by atoms with E-state index in [9.17, 15) is 0 Å². The summed E-state index contributed by atoms with van der Waals surface area (Å²) in [7, 11) is 3.46. The second kappa shape index (κ2) is 3.56. The highest BCUT2D eigenvalue weighted by Crippen LogP contribution is 2.40. The first-order valence-electron chi connectivity index (χ1n) is 5.12. The Labute approximate surface area is 79.8 Å². The highest BCUT2D eigenvalue weighted by molar-refractivity contribution is 4.91. The molecule has 2 saturated carbocycles. The first-order chi connectivity index (χ1) is 6.28. The van der Waals surface area contributed by atoms with Crippen molar-refractivity contribution in [3.8, 4) is 0 Å². The Kier molecular flexibility index (Phi) is 2.58. The molecule has 2 aliphatic rings. The van der Waals surface area contributed by atoms with Crippen LogP contribution in [0.3, 0.4) is 0 Å². The zero-order valence-corrected chi connectivity index (χ0v) is 8.51. The van der Waals surface area contributed by atoms with Gasteiger partial charge in [-0.25, -0.2) is 0 Å². The first kappa shape index (κ1) is 9.44. The van der Waals surface area contributed by atoms with Crippen LogP contribution in [0.2, 0.25) is 0 Å². The number of hydrogen-bond acceptors (Lipinski definition) is 3. The molecule has 76 valence electrons. The predicted molar refractivity (Wildman–Crippen MR) is 50.5 cm³/mol. The maximum absolute atomic E-state index is 5.33. The van der Waals surface area contributed by atoms with Crippen LogP contribution in [0.4, 0.5) is 0 Å². The van der Waals surface area contributed by atoms with Crippen LogP contribution in [0.25, 0.3) is 0 Å². The molecular weight excluding hydrogens is 166 g/mol. The van der Waals surface area contributed by atoms with Crippen LogP contribution < -0.4 is 5.32 Å². The summed E-state index contributed by atoms with van der Waals surface area (Å²) in [6.07, 6.45) is 4.82. The minimum Gasteiger partial charge on any atom is -0.353 e. The molecule has 0 aromatic heterocycles. The zero-order chi connectivity index (χ0) is 9.31. The van der Waals surface area contributed by atoms with Crippen molar-refractivity contribution in [2.24, 2.45) is 5.92 Å². The normalized spacial score (nSPS) is 27.2. The third-order valence-electron chi connectivity index (χ3n) is 3.22. The van der Waals surface area contributed by atoms with Crippen molar-refractivity contribution in [3.05, 3.63) is 0 Å². The van der Waals surface area contributed by atoms with Crippen molar-refractivity contribution in [1.29, 1.82) is 0 Å². The van der Waals surface area contributed by atoms with E-state index in [1.165, 1.54) is 12.8 Å². The lowest BCUT2D eigenvalue weighted by molar-refractivity contribution is -0.269. The van der Waals surface area contributed by atoms with Gasteiger partial charge in [-0.1, -0.05) is 0 Å². The molecule has 0 aliphatic heterocycles. The molecule has 2 aliphatic carbocycles. The second-order valence-electron chi connectivity index (χ2n) is 4.28. The van der Waals surface area contributed by atoms with E-state index in [2.05, 4.69) is 5.32 Å². The lowest BCUT2D eigenvalue weighted by Crippen LogP contribution is -2.50. The smallest absolute Gasteiger partial charge is 0.168 e. The maximum Gasteiger partial charge on any atom is 0.168 e. The molecule has 0 bridgehead atoms. The fourth-order valence-corrected chi connectivity index (χ4v) is 2.00. The van der Waals surface area contributed by atoms with E-state index in [4.69, 9.17) is 9.47 Å². The summed E-state index contributed by atoms with van der Waals surface area (Å²) < 4.78 is 10.7. The van der Waals surface area contributed by atoms with Crippen LogP contribution in [0, 0.1) is 5.92 Å². The molecule has 1 N–H and O–H groups in total. The van der Waals surface area contributed by atoms with Gasteiger partial charge in [0.25, 0.3) is 0 Å². The standard InChI is InChI=1S/C10H19NO2/c1-12-10(13-2)5-8(6-10)7-11-9-3-4-9/h8-9,11H,3-7H2,1-2H3. The molecule has 0 atom stereocenters. The zero-order valence-electron chi connectivity index (χ0n) is 8.51. The van der Waals surface area contributed by atoms with Crippen molar-refractivity contribution in [3.63, 3.8) is 0 Å². The van der Waals surface area contributed by atoms with E-state index < -0.39 is 0 Å². The molecular formula is C10H19NO2. The van der Waals surface area contributed by atoms with Gasteiger partial charge in [0.1, 0.15) is 0 Å². The third kappa shape index (κ3) is 2.03. The van der Waals surface area contributed by atoms with Crippen LogP contribution in [0.15, 0.2) is 0 Å². The van der Waals surface area contributed by atoms with Crippen LogP contribution in [0.5, 0.6) is 0 Å². The fourth-order valence-electron chi connectivity index (χ4n) is 2.00. The molecule has 13 heavy (non-hydrogen) atoms. The average Bonchev–Trinajstić information content (AvgIpc) is 2.87. The van der Waals surface area contributed by atoms with E-state index in [0.29, 0.717) is 0 Å².